The minimum Gasteiger partial charge on any atom is -0.397 e. The largest absolute Gasteiger partial charge is 0.397 e. The van der Waals surface area contributed by atoms with E-state index in [2.05, 4.69) is 0 Å². The highest BCUT2D eigenvalue weighted by atomic mass is 32.1. The van der Waals surface area contributed by atoms with Gasteiger partial charge in [-0.1, -0.05) is 0 Å². The summed E-state index contributed by atoms with van der Waals surface area (Å²) in [5, 5.41) is 11.9. The molecule has 0 bridgehead atoms. The van der Waals surface area contributed by atoms with Gasteiger partial charge < -0.3 is 15.7 Å². The third kappa shape index (κ3) is 1.43. The fourth-order valence-corrected chi connectivity index (χ4v) is 3.06. The molecule has 0 spiro atoms. The van der Waals surface area contributed by atoms with Gasteiger partial charge in [-0.25, -0.2) is 0 Å². The van der Waals surface area contributed by atoms with Gasteiger partial charge in [0.15, 0.2) is 0 Å². The van der Waals surface area contributed by atoms with Crippen molar-refractivity contribution in [3.05, 3.63) is 16.3 Å². The van der Waals surface area contributed by atoms with E-state index in [4.69, 9.17) is 5.73 Å². The second-order valence-corrected chi connectivity index (χ2v) is 5.66. The number of β-amino-alcohol motifs (C(OH)–C–C–N with tert-alkyl or cyclic N) is 1. The van der Waals surface area contributed by atoms with Crippen LogP contribution in [0.3, 0.4) is 0 Å². The highest BCUT2D eigenvalue weighted by molar-refractivity contribution is 7.12. The molecule has 5 heteroatoms. The maximum Gasteiger partial charge on any atom is 0.266 e. The van der Waals surface area contributed by atoms with Gasteiger partial charge in [0, 0.05) is 0 Å². The van der Waals surface area contributed by atoms with Crippen LogP contribution in [0.4, 0.5) is 5.69 Å². The number of carbonyl (C=O) groups is 1. The first-order chi connectivity index (χ1) is 7.60. The Morgan fingerprint density at radius 1 is 1.56 bits per heavy atom. The molecule has 1 saturated heterocycles. The molecule has 1 saturated carbocycles. The zero-order valence-electron chi connectivity index (χ0n) is 8.85. The maximum atomic E-state index is 12.0. The van der Waals surface area contributed by atoms with Gasteiger partial charge in [0.2, 0.25) is 0 Å². The number of likely N-dealkylation sites (tertiary alicyclic amines) is 1. The van der Waals surface area contributed by atoms with Gasteiger partial charge in [0.25, 0.3) is 5.91 Å². The van der Waals surface area contributed by atoms with Crippen LogP contribution in [0.15, 0.2) is 11.4 Å². The number of carbonyl (C=O) groups excluding carboxylic acids is 1. The van der Waals surface area contributed by atoms with Crippen molar-refractivity contribution in [3.63, 3.8) is 0 Å². The molecule has 1 amide bonds. The van der Waals surface area contributed by atoms with Gasteiger partial charge >= 0.3 is 0 Å². The molecule has 4 nitrogen and oxygen atoms in total. The molecular weight excluding hydrogens is 224 g/mol. The Kier molecular flexibility index (Phi) is 2.03. The summed E-state index contributed by atoms with van der Waals surface area (Å²) in [6, 6.07) is 1.74. The normalized spacial score (nSPS) is 22.9. The quantitative estimate of drug-likeness (QED) is 0.805. The van der Waals surface area contributed by atoms with Gasteiger partial charge in [-0.2, -0.15) is 0 Å². The number of thiophene rings is 1. The smallest absolute Gasteiger partial charge is 0.266 e. The van der Waals surface area contributed by atoms with Gasteiger partial charge in [0.05, 0.1) is 18.8 Å². The molecule has 1 aromatic rings. The van der Waals surface area contributed by atoms with E-state index in [0.717, 1.165) is 12.8 Å². The van der Waals surface area contributed by atoms with Crippen LogP contribution in [0.2, 0.25) is 0 Å². The SMILES string of the molecule is Nc1ccsc1C(=O)N1CC(O)(C2CC2)C1. The van der Waals surface area contributed by atoms with Crippen LogP contribution < -0.4 is 5.73 Å². The Bertz CT molecular complexity index is 433. The maximum absolute atomic E-state index is 12.0. The molecule has 16 heavy (non-hydrogen) atoms. The van der Waals surface area contributed by atoms with Crippen molar-refractivity contribution >= 4 is 22.9 Å². The molecule has 1 aliphatic carbocycles. The van der Waals surface area contributed by atoms with Crippen LogP contribution in [0, 0.1) is 5.92 Å². The summed E-state index contributed by atoms with van der Waals surface area (Å²) in [5.74, 6) is 0.370. The molecule has 2 heterocycles. The second kappa shape index (κ2) is 3.21. The fourth-order valence-electron chi connectivity index (χ4n) is 2.27. The van der Waals surface area contributed by atoms with Gasteiger partial charge in [-0.05, 0) is 30.2 Å². The summed E-state index contributed by atoms with van der Waals surface area (Å²) < 4.78 is 0. The molecule has 1 aromatic heterocycles. The molecule has 0 unspecified atom stereocenters. The summed E-state index contributed by atoms with van der Waals surface area (Å²) in [7, 11) is 0. The van der Waals surface area contributed by atoms with Crippen LogP contribution in [0.1, 0.15) is 22.5 Å². The van der Waals surface area contributed by atoms with E-state index in [1.54, 1.807) is 11.0 Å². The third-order valence-corrected chi connectivity index (χ3v) is 4.36. The van der Waals surface area contributed by atoms with E-state index >= 15 is 0 Å². The first kappa shape index (κ1) is 10.1. The first-order valence-electron chi connectivity index (χ1n) is 5.45. The highest BCUT2D eigenvalue weighted by Crippen LogP contribution is 2.45. The molecule has 0 radical (unpaired) electrons. The summed E-state index contributed by atoms with van der Waals surface area (Å²) in [4.78, 5) is 14.3. The Hall–Kier alpha value is -1.07. The second-order valence-electron chi connectivity index (χ2n) is 4.74. The fraction of sp³-hybridized carbons (Fsp3) is 0.545. The molecule has 0 aromatic carbocycles. The number of amides is 1. The lowest BCUT2D eigenvalue weighted by molar-refractivity contribution is -0.0956. The van der Waals surface area contributed by atoms with E-state index in [1.165, 1.54) is 11.3 Å². The minimum atomic E-state index is -0.609. The molecule has 0 atom stereocenters. The number of aliphatic hydroxyl groups is 1. The van der Waals surface area contributed by atoms with Crippen LogP contribution in [-0.4, -0.2) is 34.6 Å². The van der Waals surface area contributed by atoms with E-state index in [1.807, 2.05) is 5.38 Å². The molecule has 86 valence electrons. The first-order valence-corrected chi connectivity index (χ1v) is 6.33. The van der Waals surface area contributed by atoms with Crippen molar-refractivity contribution in [2.75, 3.05) is 18.8 Å². The molecule has 3 N–H and O–H groups in total. The van der Waals surface area contributed by atoms with Crippen LogP contribution in [0.5, 0.6) is 0 Å². The molecular formula is C11H14N2O2S. The number of rotatable bonds is 2. The van der Waals surface area contributed by atoms with E-state index < -0.39 is 5.60 Å². The molecule has 2 fully saturated rings. The monoisotopic (exact) mass is 238 g/mol. The molecule has 2 aliphatic rings. The zero-order chi connectivity index (χ0) is 11.3. The van der Waals surface area contributed by atoms with Crippen molar-refractivity contribution < 1.29 is 9.90 Å². The minimum absolute atomic E-state index is 0.0437. The topological polar surface area (TPSA) is 66.6 Å². The molecule has 3 rings (SSSR count). The lowest BCUT2D eigenvalue weighted by atomic mass is 9.88. The number of nitrogen functional groups attached to an aromatic ring is 1. The highest BCUT2D eigenvalue weighted by Gasteiger charge is 2.53. The van der Waals surface area contributed by atoms with Gasteiger partial charge in [-0.15, -0.1) is 11.3 Å². The van der Waals surface area contributed by atoms with Crippen molar-refractivity contribution in [2.45, 2.75) is 18.4 Å². The van der Waals surface area contributed by atoms with Crippen LogP contribution >= 0.6 is 11.3 Å². The number of nitrogens with two attached hydrogens (primary N) is 1. The number of hydrogen-bond donors (Lipinski definition) is 2. The number of anilines is 1. The lowest BCUT2D eigenvalue weighted by Gasteiger charge is -2.46. The van der Waals surface area contributed by atoms with E-state index in [0.29, 0.717) is 29.6 Å². The average Bonchev–Trinajstić information content (AvgIpc) is 2.97. The Labute approximate surface area is 97.7 Å². The van der Waals surface area contributed by atoms with Gasteiger partial charge in [0.1, 0.15) is 10.5 Å². The summed E-state index contributed by atoms with van der Waals surface area (Å²) in [6.07, 6.45) is 2.19. The molecule has 1 aliphatic heterocycles. The third-order valence-electron chi connectivity index (χ3n) is 3.44. The van der Waals surface area contributed by atoms with Gasteiger partial charge in [-0.3, -0.25) is 4.79 Å². The average molecular weight is 238 g/mol. The van der Waals surface area contributed by atoms with E-state index in [9.17, 15) is 9.90 Å². The Morgan fingerprint density at radius 3 is 2.75 bits per heavy atom. The Balaban J connectivity index is 1.68. The summed E-state index contributed by atoms with van der Waals surface area (Å²) >= 11 is 1.36. The van der Waals surface area contributed by atoms with Crippen molar-refractivity contribution in [1.29, 1.82) is 0 Å². The van der Waals surface area contributed by atoms with Crippen molar-refractivity contribution in [1.82, 2.24) is 4.90 Å². The summed E-state index contributed by atoms with van der Waals surface area (Å²) in [6.45, 7) is 0.932. The van der Waals surface area contributed by atoms with Crippen LogP contribution in [0.25, 0.3) is 0 Å². The number of hydrogen-bond acceptors (Lipinski definition) is 4. The standard InChI is InChI=1S/C11H14N2O2S/c12-8-3-4-16-9(8)10(14)13-5-11(15,6-13)7-1-2-7/h3-4,7,15H,1-2,5-6,12H2. The van der Waals surface area contributed by atoms with Crippen molar-refractivity contribution in [3.8, 4) is 0 Å². The summed E-state index contributed by atoms with van der Waals surface area (Å²) in [5.41, 5.74) is 5.63. The predicted molar refractivity (Wildman–Crippen MR) is 62.3 cm³/mol. The van der Waals surface area contributed by atoms with E-state index in [-0.39, 0.29) is 5.91 Å². The van der Waals surface area contributed by atoms with Crippen LogP contribution in [-0.2, 0) is 0 Å². The zero-order valence-corrected chi connectivity index (χ0v) is 9.67. The number of nitrogens with zero attached hydrogens (tertiary/aromatic N) is 1. The predicted octanol–water partition coefficient (Wildman–Crippen LogP) is 0.927. The lowest BCUT2D eigenvalue weighted by Crippen LogP contribution is -2.64. The Morgan fingerprint density at radius 2 is 2.25 bits per heavy atom. The van der Waals surface area contributed by atoms with Crippen molar-refractivity contribution in [2.24, 2.45) is 5.92 Å².